The molecule has 4 aromatic rings. The SMILES string of the molecule is O=C(NC(=S)Nc1ccc2nn(-c3ccccc3)nc2c1)c1cccc(F)c1. The monoisotopic (exact) mass is 391 g/mol. The zero-order valence-corrected chi connectivity index (χ0v) is 15.3. The zero-order chi connectivity index (χ0) is 19.5. The summed E-state index contributed by atoms with van der Waals surface area (Å²) in [6, 6.07) is 20.3. The summed E-state index contributed by atoms with van der Waals surface area (Å²) in [5.41, 5.74) is 3.09. The summed E-state index contributed by atoms with van der Waals surface area (Å²) in [7, 11) is 0. The van der Waals surface area contributed by atoms with Crippen molar-refractivity contribution in [2.75, 3.05) is 5.32 Å². The number of nitrogens with zero attached hydrogens (tertiary/aromatic N) is 3. The molecule has 0 bridgehead atoms. The van der Waals surface area contributed by atoms with E-state index in [1.165, 1.54) is 18.2 Å². The topological polar surface area (TPSA) is 71.8 Å². The van der Waals surface area contributed by atoms with Gasteiger partial charge in [0.25, 0.3) is 5.91 Å². The molecule has 0 saturated carbocycles. The van der Waals surface area contributed by atoms with E-state index in [0.29, 0.717) is 11.2 Å². The molecular formula is C20H14FN5OS. The molecule has 0 aliphatic heterocycles. The van der Waals surface area contributed by atoms with Crippen LogP contribution >= 0.6 is 12.2 Å². The van der Waals surface area contributed by atoms with Gasteiger partial charge in [-0.25, -0.2) is 4.39 Å². The predicted octanol–water partition coefficient (Wildman–Crippen LogP) is 3.69. The molecule has 0 fully saturated rings. The second-order valence-electron chi connectivity index (χ2n) is 5.95. The Morgan fingerprint density at radius 3 is 2.50 bits per heavy atom. The van der Waals surface area contributed by atoms with Crippen molar-refractivity contribution in [1.29, 1.82) is 0 Å². The summed E-state index contributed by atoms with van der Waals surface area (Å²) in [6.45, 7) is 0. The van der Waals surface area contributed by atoms with Crippen molar-refractivity contribution in [3.63, 3.8) is 0 Å². The first kappa shape index (κ1) is 17.7. The molecule has 1 amide bonds. The molecule has 0 aliphatic carbocycles. The number of anilines is 1. The molecule has 1 heterocycles. The number of carbonyl (C=O) groups excluding carboxylic acids is 1. The molecule has 0 spiro atoms. The molecule has 6 nitrogen and oxygen atoms in total. The Kier molecular flexibility index (Phi) is 4.77. The number of amides is 1. The van der Waals surface area contributed by atoms with Crippen LogP contribution in [-0.4, -0.2) is 26.0 Å². The first-order valence-corrected chi connectivity index (χ1v) is 8.80. The molecule has 0 saturated heterocycles. The van der Waals surface area contributed by atoms with Crippen LogP contribution in [0.4, 0.5) is 10.1 Å². The van der Waals surface area contributed by atoms with E-state index in [2.05, 4.69) is 20.8 Å². The van der Waals surface area contributed by atoms with E-state index in [9.17, 15) is 9.18 Å². The van der Waals surface area contributed by atoms with Gasteiger partial charge in [-0.2, -0.15) is 4.80 Å². The van der Waals surface area contributed by atoms with E-state index in [0.717, 1.165) is 17.3 Å². The fourth-order valence-corrected chi connectivity index (χ4v) is 2.85. The molecular weight excluding hydrogens is 377 g/mol. The Bertz CT molecular complexity index is 1180. The lowest BCUT2D eigenvalue weighted by Gasteiger charge is -2.09. The van der Waals surface area contributed by atoms with Crippen LogP contribution in [0.15, 0.2) is 72.8 Å². The number of fused-ring (bicyclic) bond motifs is 1. The Balaban J connectivity index is 1.48. The fraction of sp³-hybridized carbons (Fsp3) is 0. The van der Waals surface area contributed by atoms with Crippen LogP contribution in [0, 0.1) is 5.82 Å². The third-order valence-corrected chi connectivity index (χ3v) is 4.14. The minimum absolute atomic E-state index is 0.101. The minimum atomic E-state index is -0.492. The maximum Gasteiger partial charge on any atom is 0.257 e. The third kappa shape index (κ3) is 3.86. The van der Waals surface area contributed by atoms with Crippen LogP contribution in [0.25, 0.3) is 16.7 Å². The van der Waals surface area contributed by atoms with E-state index in [1.54, 1.807) is 23.0 Å². The average Bonchev–Trinajstić information content (AvgIpc) is 3.12. The highest BCUT2D eigenvalue weighted by Gasteiger charge is 2.10. The summed E-state index contributed by atoms with van der Waals surface area (Å²) < 4.78 is 13.2. The number of carbonyl (C=O) groups is 1. The summed E-state index contributed by atoms with van der Waals surface area (Å²) in [6.07, 6.45) is 0. The largest absolute Gasteiger partial charge is 0.332 e. The fourth-order valence-electron chi connectivity index (χ4n) is 2.64. The molecule has 2 N–H and O–H groups in total. The molecule has 138 valence electrons. The van der Waals surface area contributed by atoms with Crippen molar-refractivity contribution in [2.24, 2.45) is 0 Å². The lowest BCUT2D eigenvalue weighted by molar-refractivity contribution is 0.0977. The lowest BCUT2D eigenvalue weighted by atomic mass is 10.2. The van der Waals surface area contributed by atoms with Gasteiger partial charge < -0.3 is 5.32 Å². The van der Waals surface area contributed by atoms with Gasteiger partial charge in [0.15, 0.2) is 5.11 Å². The number of hydrogen-bond donors (Lipinski definition) is 2. The predicted molar refractivity (Wildman–Crippen MR) is 109 cm³/mol. The van der Waals surface area contributed by atoms with E-state index in [1.807, 2.05) is 30.3 Å². The highest BCUT2D eigenvalue weighted by molar-refractivity contribution is 7.80. The van der Waals surface area contributed by atoms with Crippen molar-refractivity contribution in [2.45, 2.75) is 0 Å². The van der Waals surface area contributed by atoms with Gasteiger partial charge in [0.2, 0.25) is 0 Å². The van der Waals surface area contributed by atoms with E-state index in [4.69, 9.17) is 12.2 Å². The quantitative estimate of drug-likeness (QED) is 0.521. The maximum atomic E-state index is 13.2. The molecule has 3 aromatic carbocycles. The Hall–Kier alpha value is -3.65. The van der Waals surface area contributed by atoms with Gasteiger partial charge in [0.05, 0.1) is 5.69 Å². The Morgan fingerprint density at radius 2 is 1.71 bits per heavy atom. The van der Waals surface area contributed by atoms with Gasteiger partial charge in [0.1, 0.15) is 16.9 Å². The van der Waals surface area contributed by atoms with E-state index in [-0.39, 0.29) is 10.7 Å². The highest BCUT2D eigenvalue weighted by atomic mass is 32.1. The van der Waals surface area contributed by atoms with E-state index >= 15 is 0 Å². The van der Waals surface area contributed by atoms with Crippen LogP contribution in [0.3, 0.4) is 0 Å². The number of nitrogens with one attached hydrogen (secondary N) is 2. The number of thiocarbonyl (C=S) groups is 1. The minimum Gasteiger partial charge on any atom is -0.332 e. The molecule has 1 aromatic heterocycles. The highest BCUT2D eigenvalue weighted by Crippen LogP contribution is 2.17. The zero-order valence-electron chi connectivity index (χ0n) is 14.5. The molecule has 4 rings (SSSR count). The van der Waals surface area contributed by atoms with Crippen molar-refractivity contribution < 1.29 is 9.18 Å². The van der Waals surface area contributed by atoms with Gasteiger partial charge >= 0.3 is 0 Å². The second kappa shape index (κ2) is 7.53. The number of hydrogen-bond acceptors (Lipinski definition) is 4. The van der Waals surface area contributed by atoms with Crippen molar-refractivity contribution in [1.82, 2.24) is 20.3 Å². The summed E-state index contributed by atoms with van der Waals surface area (Å²) in [4.78, 5) is 13.7. The lowest BCUT2D eigenvalue weighted by Crippen LogP contribution is -2.34. The number of rotatable bonds is 3. The van der Waals surface area contributed by atoms with Crippen molar-refractivity contribution in [3.8, 4) is 5.69 Å². The number of halogens is 1. The van der Waals surface area contributed by atoms with Crippen LogP contribution in [-0.2, 0) is 0 Å². The van der Waals surface area contributed by atoms with Crippen molar-refractivity contribution >= 4 is 40.0 Å². The molecule has 0 unspecified atom stereocenters. The number of para-hydroxylation sites is 1. The number of benzene rings is 3. The standard InChI is InChI=1S/C20H14FN5OS/c21-14-6-4-5-13(11-14)19(27)23-20(28)22-15-9-10-17-18(12-15)25-26(24-17)16-7-2-1-3-8-16/h1-12H,(H2,22,23,27,28). The van der Waals surface area contributed by atoms with Gasteiger partial charge in [-0.3, -0.25) is 10.1 Å². The van der Waals surface area contributed by atoms with Crippen LogP contribution in [0.5, 0.6) is 0 Å². The third-order valence-electron chi connectivity index (χ3n) is 3.94. The summed E-state index contributed by atoms with van der Waals surface area (Å²) >= 11 is 5.17. The van der Waals surface area contributed by atoms with Crippen LogP contribution in [0.1, 0.15) is 10.4 Å². The summed E-state index contributed by atoms with van der Waals surface area (Å²) in [5.74, 6) is -0.980. The number of aromatic nitrogens is 3. The smallest absolute Gasteiger partial charge is 0.257 e. The molecule has 0 aliphatic rings. The van der Waals surface area contributed by atoms with Crippen molar-refractivity contribution in [3.05, 3.63) is 84.2 Å². The normalized spacial score (nSPS) is 10.6. The van der Waals surface area contributed by atoms with Gasteiger partial charge in [-0.05, 0) is 60.7 Å². The summed E-state index contributed by atoms with van der Waals surface area (Å²) in [5, 5.41) is 14.5. The van der Waals surface area contributed by atoms with Crippen LogP contribution in [0.2, 0.25) is 0 Å². The molecule has 0 radical (unpaired) electrons. The molecule has 8 heteroatoms. The van der Waals surface area contributed by atoms with E-state index < -0.39 is 11.7 Å². The van der Waals surface area contributed by atoms with Gasteiger partial charge in [-0.1, -0.05) is 24.3 Å². The molecule has 28 heavy (non-hydrogen) atoms. The first-order chi connectivity index (χ1) is 13.6. The van der Waals surface area contributed by atoms with Crippen LogP contribution < -0.4 is 10.6 Å². The molecule has 0 atom stereocenters. The van der Waals surface area contributed by atoms with Gasteiger partial charge in [0, 0.05) is 11.3 Å². The maximum absolute atomic E-state index is 13.2. The van der Waals surface area contributed by atoms with Gasteiger partial charge in [-0.15, -0.1) is 10.2 Å². The average molecular weight is 391 g/mol. The first-order valence-electron chi connectivity index (χ1n) is 8.39. The Morgan fingerprint density at radius 1 is 0.929 bits per heavy atom. The second-order valence-corrected chi connectivity index (χ2v) is 6.36. The Labute approximate surface area is 165 Å².